The third kappa shape index (κ3) is 7.68. The lowest BCUT2D eigenvalue weighted by atomic mass is 9.63. The van der Waals surface area contributed by atoms with Gasteiger partial charge in [0.2, 0.25) is 5.91 Å². The van der Waals surface area contributed by atoms with E-state index in [0.29, 0.717) is 34.9 Å². The summed E-state index contributed by atoms with van der Waals surface area (Å²) in [6.45, 7) is 8.34. The highest BCUT2D eigenvalue weighted by molar-refractivity contribution is 6.30. The maximum Gasteiger partial charge on any atom is 0.287 e. The van der Waals surface area contributed by atoms with Gasteiger partial charge in [-0.1, -0.05) is 55.1 Å². The number of nitrogens with zero attached hydrogens (tertiary/aromatic N) is 1. The number of para-hydroxylation sites is 1. The number of likely N-dealkylation sites (tertiary alicyclic amines) is 1. The van der Waals surface area contributed by atoms with Crippen LogP contribution in [0.5, 0.6) is 0 Å². The summed E-state index contributed by atoms with van der Waals surface area (Å²) >= 11 is 6.13. The molecule has 2 aliphatic rings. The van der Waals surface area contributed by atoms with Crippen LogP contribution >= 0.6 is 11.6 Å². The first-order valence-electron chi connectivity index (χ1n) is 15.7. The van der Waals surface area contributed by atoms with Gasteiger partial charge in [0.25, 0.3) is 5.91 Å². The van der Waals surface area contributed by atoms with Crippen molar-refractivity contribution in [3.05, 3.63) is 81.2 Å². The van der Waals surface area contributed by atoms with Crippen LogP contribution in [-0.2, 0) is 11.2 Å². The zero-order valence-electron chi connectivity index (χ0n) is 25.6. The summed E-state index contributed by atoms with van der Waals surface area (Å²) in [5.41, 5.74) is 0.561. The van der Waals surface area contributed by atoms with Gasteiger partial charge in [-0.2, -0.15) is 0 Å². The topological polar surface area (TPSA) is 91.7 Å². The number of hydrogen-bond acceptors (Lipinski definition) is 5. The Morgan fingerprint density at radius 3 is 2.37 bits per heavy atom. The molecule has 2 heterocycles. The van der Waals surface area contributed by atoms with Gasteiger partial charge in [0.05, 0.1) is 10.8 Å². The number of nitrogens with one attached hydrogen (secondary N) is 2. The molecular formula is C35H44ClN3O4. The minimum absolute atomic E-state index is 0.00128. The summed E-state index contributed by atoms with van der Waals surface area (Å²) < 4.78 is 5.83. The van der Waals surface area contributed by atoms with E-state index >= 15 is 0 Å². The standard InChI is InChI=1S/C35H44ClN3O4/c1-34(2,3)38-33(42)35(25-9-5-4-6-10-25)17-19-39(20-18-35)23-27(21-24-13-15-26(36)16-14-24)37-32(41)31-22-29(40)28-11-7-8-12-30(28)43-31/h7-8,11-16,22,25,27H,4-6,9-10,17-21,23H2,1-3H3,(H,37,41)(H,38,42)/t27-/m1/s1. The molecule has 1 atom stereocenters. The molecule has 3 aromatic rings. The maximum atomic E-state index is 13.8. The molecular weight excluding hydrogens is 562 g/mol. The lowest BCUT2D eigenvalue weighted by Gasteiger charge is -2.48. The lowest BCUT2D eigenvalue weighted by Crippen LogP contribution is -2.57. The maximum absolute atomic E-state index is 13.8. The largest absolute Gasteiger partial charge is 0.451 e. The molecule has 0 unspecified atom stereocenters. The monoisotopic (exact) mass is 605 g/mol. The Hall–Kier alpha value is -3.16. The predicted octanol–water partition coefficient (Wildman–Crippen LogP) is 6.36. The molecule has 5 rings (SSSR count). The predicted molar refractivity (Wildman–Crippen MR) is 171 cm³/mol. The van der Waals surface area contributed by atoms with E-state index in [1.165, 1.54) is 25.3 Å². The number of carbonyl (C=O) groups excluding carboxylic acids is 2. The van der Waals surface area contributed by atoms with Crippen molar-refractivity contribution in [3.8, 4) is 0 Å². The second-order valence-electron chi connectivity index (χ2n) is 13.5. The van der Waals surface area contributed by atoms with Crippen molar-refractivity contribution in [2.24, 2.45) is 11.3 Å². The molecule has 230 valence electrons. The van der Waals surface area contributed by atoms with Crippen LogP contribution < -0.4 is 16.1 Å². The van der Waals surface area contributed by atoms with Gasteiger partial charge in [-0.15, -0.1) is 0 Å². The number of piperidine rings is 1. The number of fused-ring (bicyclic) bond motifs is 1. The van der Waals surface area contributed by atoms with E-state index in [1.54, 1.807) is 24.3 Å². The van der Waals surface area contributed by atoms with Crippen molar-refractivity contribution in [2.45, 2.75) is 83.7 Å². The Morgan fingerprint density at radius 1 is 1.02 bits per heavy atom. The van der Waals surface area contributed by atoms with E-state index in [2.05, 4.69) is 36.3 Å². The fraction of sp³-hybridized carbons (Fsp3) is 0.514. The number of carbonyl (C=O) groups is 2. The zero-order chi connectivity index (χ0) is 30.6. The van der Waals surface area contributed by atoms with E-state index in [1.807, 2.05) is 24.3 Å². The van der Waals surface area contributed by atoms with Crippen molar-refractivity contribution in [1.82, 2.24) is 15.5 Å². The normalized spacial score (nSPS) is 18.7. The molecule has 43 heavy (non-hydrogen) atoms. The third-order valence-corrected chi connectivity index (χ3v) is 9.40. The fourth-order valence-corrected chi connectivity index (χ4v) is 7.05. The summed E-state index contributed by atoms with van der Waals surface area (Å²) in [4.78, 5) is 42.3. The van der Waals surface area contributed by atoms with Gasteiger partial charge < -0.3 is 20.0 Å². The minimum Gasteiger partial charge on any atom is -0.451 e. The average Bonchev–Trinajstić information content (AvgIpc) is 2.98. The van der Waals surface area contributed by atoms with E-state index in [-0.39, 0.29) is 34.1 Å². The first-order valence-corrected chi connectivity index (χ1v) is 16.0. The summed E-state index contributed by atoms with van der Waals surface area (Å²) in [6.07, 6.45) is 8.07. The van der Waals surface area contributed by atoms with Crippen molar-refractivity contribution in [1.29, 1.82) is 0 Å². The Labute approximate surface area is 259 Å². The Kier molecular flexibility index (Phi) is 9.62. The second-order valence-corrected chi connectivity index (χ2v) is 13.9. The lowest BCUT2D eigenvalue weighted by molar-refractivity contribution is -0.141. The fourth-order valence-electron chi connectivity index (χ4n) is 6.93. The van der Waals surface area contributed by atoms with Crippen LogP contribution in [0.3, 0.4) is 0 Å². The number of rotatable bonds is 8. The molecule has 2 N–H and O–H groups in total. The summed E-state index contributed by atoms with van der Waals surface area (Å²) in [7, 11) is 0. The van der Waals surface area contributed by atoms with Crippen LogP contribution in [0.4, 0.5) is 0 Å². The van der Waals surface area contributed by atoms with Crippen LogP contribution in [0.2, 0.25) is 5.02 Å². The Balaban J connectivity index is 1.33. The van der Waals surface area contributed by atoms with E-state index < -0.39 is 5.91 Å². The molecule has 7 nitrogen and oxygen atoms in total. The average molecular weight is 606 g/mol. The molecule has 8 heteroatoms. The molecule has 1 aliphatic heterocycles. The third-order valence-electron chi connectivity index (χ3n) is 9.14. The molecule has 1 aliphatic carbocycles. The molecule has 2 aromatic carbocycles. The molecule has 1 saturated carbocycles. The quantitative estimate of drug-likeness (QED) is 0.312. The summed E-state index contributed by atoms with van der Waals surface area (Å²) in [5.74, 6) is 0.188. The zero-order valence-corrected chi connectivity index (χ0v) is 26.3. The van der Waals surface area contributed by atoms with Crippen molar-refractivity contribution >= 4 is 34.4 Å². The van der Waals surface area contributed by atoms with Crippen molar-refractivity contribution in [3.63, 3.8) is 0 Å². The number of benzene rings is 2. The SMILES string of the molecule is CC(C)(C)NC(=O)C1(C2CCCCC2)CCN(C[C@@H](Cc2ccc(Cl)cc2)NC(=O)c2cc(=O)c3ccccc3o2)CC1. The molecule has 2 amide bonds. The first-order chi connectivity index (χ1) is 20.5. The smallest absolute Gasteiger partial charge is 0.287 e. The Bertz CT molecular complexity index is 1480. The van der Waals surface area contributed by atoms with E-state index in [4.69, 9.17) is 16.0 Å². The van der Waals surface area contributed by atoms with Gasteiger partial charge >= 0.3 is 0 Å². The molecule has 1 aromatic heterocycles. The summed E-state index contributed by atoms with van der Waals surface area (Å²) in [6, 6.07) is 15.6. The van der Waals surface area contributed by atoms with Gasteiger partial charge in [0, 0.05) is 29.2 Å². The highest BCUT2D eigenvalue weighted by Crippen LogP contribution is 2.46. The van der Waals surface area contributed by atoms with Crippen LogP contribution in [0.1, 0.15) is 81.8 Å². The molecule has 2 fully saturated rings. The van der Waals surface area contributed by atoms with Gasteiger partial charge in [0.1, 0.15) is 5.58 Å². The summed E-state index contributed by atoms with van der Waals surface area (Å²) in [5, 5.41) is 7.57. The highest BCUT2D eigenvalue weighted by atomic mass is 35.5. The van der Waals surface area contributed by atoms with Crippen LogP contribution in [0.15, 0.2) is 63.8 Å². The van der Waals surface area contributed by atoms with Crippen LogP contribution in [0.25, 0.3) is 11.0 Å². The number of halogens is 1. The van der Waals surface area contributed by atoms with Crippen molar-refractivity contribution in [2.75, 3.05) is 19.6 Å². The van der Waals surface area contributed by atoms with Crippen molar-refractivity contribution < 1.29 is 14.0 Å². The number of hydrogen-bond donors (Lipinski definition) is 2. The minimum atomic E-state index is -0.417. The molecule has 0 spiro atoms. The van der Waals surface area contributed by atoms with Gasteiger partial charge in [0.15, 0.2) is 11.2 Å². The molecule has 0 radical (unpaired) electrons. The first kappa shape index (κ1) is 31.3. The van der Waals surface area contributed by atoms with Gasteiger partial charge in [-0.05, 0) is 102 Å². The highest BCUT2D eigenvalue weighted by Gasteiger charge is 2.48. The molecule has 0 bridgehead atoms. The van der Waals surface area contributed by atoms with Crippen LogP contribution in [0, 0.1) is 11.3 Å². The number of amides is 2. The van der Waals surface area contributed by atoms with E-state index in [0.717, 1.165) is 44.3 Å². The second kappa shape index (κ2) is 13.2. The van der Waals surface area contributed by atoms with E-state index in [9.17, 15) is 14.4 Å². The van der Waals surface area contributed by atoms with Gasteiger partial charge in [-0.3, -0.25) is 14.4 Å². The van der Waals surface area contributed by atoms with Gasteiger partial charge in [-0.25, -0.2) is 0 Å². The Morgan fingerprint density at radius 2 is 1.70 bits per heavy atom. The molecule has 1 saturated heterocycles. The van der Waals surface area contributed by atoms with Crippen LogP contribution in [-0.4, -0.2) is 47.9 Å².